The first-order valence-corrected chi connectivity index (χ1v) is 10.2. The smallest absolute Gasteiger partial charge is 0.251 e. The molecule has 4 rings (SSSR count). The number of benzene rings is 3. The Bertz CT molecular complexity index is 1250. The van der Waals surface area contributed by atoms with Crippen molar-refractivity contribution in [1.82, 2.24) is 10.3 Å². The van der Waals surface area contributed by atoms with Gasteiger partial charge in [-0.05, 0) is 47.5 Å². The number of carbonyl (C=O) groups excluding carboxylic acids is 1. The highest BCUT2D eigenvalue weighted by molar-refractivity contribution is 5.94. The van der Waals surface area contributed by atoms with E-state index < -0.39 is 0 Å². The summed E-state index contributed by atoms with van der Waals surface area (Å²) in [6, 6.07) is 25.4. The van der Waals surface area contributed by atoms with Crippen molar-refractivity contribution >= 4 is 22.5 Å². The van der Waals surface area contributed by atoms with Crippen LogP contribution in [0.1, 0.15) is 33.0 Å². The van der Waals surface area contributed by atoms with Crippen LogP contribution in [-0.2, 0) is 0 Å². The molecule has 0 aliphatic heterocycles. The standard InChI is InChI=1S/C26H24N4O/c1-30(2)21-12-10-19(11-13-21)23(24-17-28-25-9-4-3-8-22(24)25)16-29-26(31)20-7-5-6-18(14-20)15-27/h3-14,17,23,28H,16H2,1-2H3,(H,29,31). The van der Waals surface area contributed by atoms with E-state index in [-0.39, 0.29) is 11.8 Å². The van der Waals surface area contributed by atoms with E-state index in [1.807, 2.05) is 32.4 Å². The third-order valence-electron chi connectivity index (χ3n) is 5.53. The van der Waals surface area contributed by atoms with Gasteiger partial charge in [0, 0.05) is 54.9 Å². The van der Waals surface area contributed by atoms with E-state index >= 15 is 0 Å². The molecule has 2 N–H and O–H groups in total. The second kappa shape index (κ2) is 8.76. The first-order valence-electron chi connectivity index (χ1n) is 10.2. The van der Waals surface area contributed by atoms with Crippen LogP contribution in [0.25, 0.3) is 10.9 Å². The maximum absolute atomic E-state index is 12.8. The average Bonchev–Trinajstić information content (AvgIpc) is 3.23. The first-order chi connectivity index (χ1) is 15.1. The van der Waals surface area contributed by atoms with E-state index in [0.717, 1.165) is 27.7 Å². The van der Waals surface area contributed by atoms with Crippen LogP contribution in [0.4, 0.5) is 5.69 Å². The van der Waals surface area contributed by atoms with E-state index in [0.29, 0.717) is 17.7 Å². The van der Waals surface area contributed by atoms with Gasteiger partial charge in [-0.3, -0.25) is 4.79 Å². The minimum Gasteiger partial charge on any atom is -0.378 e. The van der Waals surface area contributed by atoms with Gasteiger partial charge in [0.05, 0.1) is 11.6 Å². The number of aromatic amines is 1. The highest BCUT2D eigenvalue weighted by Crippen LogP contribution is 2.31. The summed E-state index contributed by atoms with van der Waals surface area (Å²) < 4.78 is 0. The van der Waals surface area contributed by atoms with Gasteiger partial charge < -0.3 is 15.2 Å². The number of anilines is 1. The summed E-state index contributed by atoms with van der Waals surface area (Å²) in [5.74, 6) is -0.206. The van der Waals surface area contributed by atoms with Crippen molar-refractivity contribution in [1.29, 1.82) is 5.26 Å². The van der Waals surface area contributed by atoms with Crippen molar-refractivity contribution in [3.63, 3.8) is 0 Å². The Kier molecular flexibility index (Phi) is 5.72. The molecule has 1 amide bonds. The zero-order valence-corrected chi connectivity index (χ0v) is 17.6. The van der Waals surface area contributed by atoms with Crippen molar-refractivity contribution in [3.05, 3.63) is 101 Å². The number of carbonyl (C=O) groups is 1. The summed E-state index contributed by atoms with van der Waals surface area (Å²) in [4.78, 5) is 18.2. The molecule has 154 valence electrons. The minimum absolute atomic E-state index is 0.0181. The lowest BCUT2D eigenvalue weighted by Crippen LogP contribution is -2.29. The van der Waals surface area contributed by atoms with Gasteiger partial charge in [-0.15, -0.1) is 0 Å². The monoisotopic (exact) mass is 408 g/mol. The highest BCUT2D eigenvalue weighted by atomic mass is 16.1. The van der Waals surface area contributed by atoms with Crippen LogP contribution in [0.2, 0.25) is 0 Å². The van der Waals surface area contributed by atoms with Crippen LogP contribution >= 0.6 is 0 Å². The molecule has 0 radical (unpaired) electrons. The number of hydrogen-bond acceptors (Lipinski definition) is 3. The van der Waals surface area contributed by atoms with Crippen LogP contribution in [0, 0.1) is 11.3 Å². The molecule has 5 heteroatoms. The first kappa shape index (κ1) is 20.2. The normalized spacial score (nSPS) is 11.6. The Balaban J connectivity index is 1.65. The second-order valence-corrected chi connectivity index (χ2v) is 7.73. The Morgan fingerprint density at radius 3 is 2.58 bits per heavy atom. The molecule has 1 unspecified atom stereocenters. The lowest BCUT2D eigenvalue weighted by molar-refractivity contribution is 0.0952. The number of nitrogens with one attached hydrogen (secondary N) is 2. The molecule has 0 bridgehead atoms. The number of nitriles is 1. The third kappa shape index (κ3) is 4.29. The Hall–Kier alpha value is -4.04. The number of hydrogen-bond donors (Lipinski definition) is 2. The van der Waals surface area contributed by atoms with Crippen LogP contribution < -0.4 is 10.2 Å². The summed E-state index contributed by atoms with van der Waals surface area (Å²) in [6.45, 7) is 0.443. The van der Waals surface area contributed by atoms with E-state index in [1.54, 1.807) is 24.3 Å². The average molecular weight is 409 g/mol. The molecule has 0 saturated heterocycles. The molecule has 0 fully saturated rings. The number of aromatic nitrogens is 1. The van der Waals surface area contributed by atoms with Crippen molar-refractivity contribution < 1.29 is 4.79 Å². The topological polar surface area (TPSA) is 71.9 Å². The number of H-pyrrole nitrogens is 1. The molecule has 5 nitrogen and oxygen atoms in total. The van der Waals surface area contributed by atoms with Crippen LogP contribution in [0.3, 0.4) is 0 Å². The van der Waals surface area contributed by atoms with E-state index in [2.05, 4.69) is 57.7 Å². The minimum atomic E-state index is -0.188. The number of fused-ring (bicyclic) bond motifs is 1. The van der Waals surface area contributed by atoms with Crippen LogP contribution in [0.15, 0.2) is 79.0 Å². The van der Waals surface area contributed by atoms with Gasteiger partial charge in [-0.2, -0.15) is 5.26 Å². The summed E-state index contributed by atoms with van der Waals surface area (Å²) in [5.41, 5.74) is 5.42. The van der Waals surface area contributed by atoms with E-state index in [4.69, 9.17) is 5.26 Å². The van der Waals surface area contributed by atoms with Crippen molar-refractivity contribution in [2.24, 2.45) is 0 Å². The molecule has 1 aromatic heterocycles. The zero-order valence-electron chi connectivity index (χ0n) is 17.6. The van der Waals surface area contributed by atoms with Gasteiger partial charge in [0.25, 0.3) is 5.91 Å². The molecule has 0 saturated carbocycles. The van der Waals surface area contributed by atoms with Gasteiger partial charge >= 0.3 is 0 Å². The maximum atomic E-state index is 12.8. The number of amides is 1. The highest BCUT2D eigenvalue weighted by Gasteiger charge is 2.20. The largest absolute Gasteiger partial charge is 0.378 e. The van der Waals surface area contributed by atoms with Crippen LogP contribution in [0.5, 0.6) is 0 Å². The predicted octanol–water partition coefficient (Wildman–Crippen LogP) is 4.67. The fraction of sp³-hybridized carbons (Fsp3) is 0.154. The van der Waals surface area contributed by atoms with Gasteiger partial charge in [-0.1, -0.05) is 36.4 Å². The molecule has 31 heavy (non-hydrogen) atoms. The second-order valence-electron chi connectivity index (χ2n) is 7.73. The summed E-state index contributed by atoms with van der Waals surface area (Å²) in [7, 11) is 4.03. The van der Waals surface area contributed by atoms with Crippen molar-refractivity contribution in [2.75, 3.05) is 25.5 Å². The van der Waals surface area contributed by atoms with Crippen LogP contribution in [-0.4, -0.2) is 31.5 Å². The van der Waals surface area contributed by atoms with Gasteiger partial charge in [0.2, 0.25) is 0 Å². The van der Waals surface area contributed by atoms with Gasteiger partial charge in [-0.25, -0.2) is 0 Å². The Morgan fingerprint density at radius 1 is 1.06 bits per heavy atom. The lowest BCUT2D eigenvalue weighted by Gasteiger charge is -2.20. The Morgan fingerprint density at radius 2 is 1.84 bits per heavy atom. The fourth-order valence-corrected chi connectivity index (χ4v) is 3.82. The molecule has 0 aliphatic carbocycles. The predicted molar refractivity (Wildman–Crippen MR) is 124 cm³/mol. The molecular weight excluding hydrogens is 384 g/mol. The van der Waals surface area contributed by atoms with Crippen molar-refractivity contribution in [3.8, 4) is 6.07 Å². The number of rotatable bonds is 6. The molecule has 0 aliphatic rings. The lowest BCUT2D eigenvalue weighted by atomic mass is 9.90. The Labute approximate surface area is 181 Å². The zero-order chi connectivity index (χ0) is 21.8. The molecule has 1 atom stereocenters. The molecule has 1 heterocycles. The van der Waals surface area contributed by atoms with E-state index in [1.165, 1.54) is 0 Å². The van der Waals surface area contributed by atoms with Crippen molar-refractivity contribution in [2.45, 2.75) is 5.92 Å². The maximum Gasteiger partial charge on any atom is 0.251 e. The molecular formula is C26H24N4O. The summed E-state index contributed by atoms with van der Waals surface area (Å²) >= 11 is 0. The number of para-hydroxylation sites is 1. The van der Waals surface area contributed by atoms with Gasteiger partial charge in [0.1, 0.15) is 0 Å². The molecule has 4 aromatic rings. The number of nitrogens with zero attached hydrogens (tertiary/aromatic N) is 2. The fourth-order valence-electron chi connectivity index (χ4n) is 3.82. The van der Waals surface area contributed by atoms with Gasteiger partial charge in [0.15, 0.2) is 0 Å². The molecule has 3 aromatic carbocycles. The SMILES string of the molecule is CN(C)c1ccc(C(CNC(=O)c2cccc(C#N)c2)c2c[nH]c3ccccc23)cc1. The quantitative estimate of drug-likeness (QED) is 0.487. The third-order valence-corrected chi connectivity index (χ3v) is 5.53. The summed E-state index contributed by atoms with van der Waals surface area (Å²) in [5, 5.41) is 13.3. The van der Waals surface area contributed by atoms with E-state index in [9.17, 15) is 4.79 Å². The molecule has 0 spiro atoms. The summed E-state index contributed by atoms with van der Waals surface area (Å²) in [6.07, 6.45) is 2.03.